The first-order chi connectivity index (χ1) is 28.3. The molecule has 1 aliphatic rings. The summed E-state index contributed by atoms with van der Waals surface area (Å²) < 4.78 is 22.0. The summed E-state index contributed by atoms with van der Waals surface area (Å²) in [6, 6.07) is 0. The van der Waals surface area contributed by atoms with Crippen LogP contribution in [0.5, 0.6) is 0 Å². The van der Waals surface area contributed by atoms with Gasteiger partial charge in [-0.05, 0) is 64.2 Å². The number of aliphatic hydroxyl groups is 4. The van der Waals surface area contributed by atoms with Gasteiger partial charge in [0.1, 0.15) is 31.0 Å². The second-order valence-electron chi connectivity index (χ2n) is 15.1. The van der Waals surface area contributed by atoms with Crippen molar-refractivity contribution in [2.45, 2.75) is 198 Å². The van der Waals surface area contributed by atoms with E-state index in [4.69, 9.17) is 18.9 Å². The topological polar surface area (TPSA) is 152 Å². The molecule has 58 heavy (non-hydrogen) atoms. The van der Waals surface area contributed by atoms with Crippen molar-refractivity contribution in [3.05, 3.63) is 72.9 Å². The second-order valence-corrected chi connectivity index (χ2v) is 15.1. The van der Waals surface area contributed by atoms with E-state index < -0.39 is 55.4 Å². The quantitative estimate of drug-likeness (QED) is 0.0273. The molecule has 1 fully saturated rings. The molecule has 6 unspecified atom stereocenters. The number of carbonyl (C=O) groups is 2. The van der Waals surface area contributed by atoms with Gasteiger partial charge in [-0.15, -0.1) is 0 Å². The van der Waals surface area contributed by atoms with Crippen LogP contribution in [0.15, 0.2) is 72.9 Å². The van der Waals surface area contributed by atoms with Crippen LogP contribution in [0.3, 0.4) is 0 Å². The van der Waals surface area contributed by atoms with Crippen LogP contribution in [0.1, 0.15) is 162 Å². The van der Waals surface area contributed by atoms with Gasteiger partial charge in [0.25, 0.3) is 0 Å². The molecule has 4 N–H and O–H groups in total. The largest absolute Gasteiger partial charge is 0.462 e. The number of ether oxygens (including phenoxy) is 4. The van der Waals surface area contributed by atoms with Gasteiger partial charge in [0.2, 0.25) is 0 Å². The lowest BCUT2D eigenvalue weighted by Crippen LogP contribution is -2.59. The number of allylic oxidation sites excluding steroid dienone is 11. The van der Waals surface area contributed by atoms with Crippen LogP contribution < -0.4 is 0 Å². The first kappa shape index (κ1) is 53.2. The second kappa shape index (κ2) is 38.3. The maximum atomic E-state index is 12.7. The molecule has 1 rings (SSSR count). The Kier molecular flexibility index (Phi) is 35.1. The van der Waals surface area contributed by atoms with Crippen molar-refractivity contribution in [1.29, 1.82) is 0 Å². The predicted octanol–water partition coefficient (Wildman–Crippen LogP) is 9.61. The maximum Gasteiger partial charge on any atom is 0.310 e. The van der Waals surface area contributed by atoms with Crippen LogP contribution in [-0.2, 0) is 28.5 Å². The van der Waals surface area contributed by atoms with Crippen molar-refractivity contribution < 1.29 is 49.0 Å². The Bertz CT molecular complexity index is 1170. The molecular formula is C48H80O10. The fourth-order valence-electron chi connectivity index (χ4n) is 6.32. The third-order valence-corrected chi connectivity index (χ3v) is 9.86. The molecule has 10 nitrogen and oxygen atoms in total. The van der Waals surface area contributed by atoms with E-state index in [0.717, 1.165) is 51.4 Å². The molecule has 0 aliphatic carbocycles. The van der Waals surface area contributed by atoms with E-state index in [-0.39, 0.29) is 26.1 Å². The molecule has 10 heteroatoms. The highest BCUT2D eigenvalue weighted by Crippen LogP contribution is 2.22. The smallest absolute Gasteiger partial charge is 0.310 e. The van der Waals surface area contributed by atoms with Gasteiger partial charge in [-0.3, -0.25) is 9.59 Å². The molecule has 0 amide bonds. The van der Waals surface area contributed by atoms with Crippen molar-refractivity contribution in [2.24, 2.45) is 0 Å². The molecule has 0 radical (unpaired) electrons. The summed E-state index contributed by atoms with van der Waals surface area (Å²) in [5.74, 6) is -0.964. The number of esters is 2. The van der Waals surface area contributed by atoms with Crippen LogP contribution in [0.4, 0.5) is 0 Å². The average molecular weight is 817 g/mol. The van der Waals surface area contributed by atoms with Gasteiger partial charge in [-0.25, -0.2) is 0 Å². The molecular weight excluding hydrogens is 737 g/mol. The van der Waals surface area contributed by atoms with Crippen LogP contribution >= 0.6 is 0 Å². The molecule has 1 saturated heterocycles. The molecule has 332 valence electrons. The number of aliphatic hydroxyl groups excluding tert-OH is 4. The van der Waals surface area contributed by atoms with Gasteiger partial charge >= 0.3 is 11.9 Å². The lowest BCUT2D eigenvalue weighted by Gasteiger charge is -2.39. The summed E-state index contributed by atoms with van der Waals surface area (Å²) in [7, 11) is 0. The molecule has 0 aromatic heterocycles. The van der Waals surface area contributed by atoms with Crippen molar-refractivity contribution in [3.63, 3.8) is 0 Å². The fraction of sp³-hybridized carbons (Fsp3) is 0.708. The molecule has 0 spiro atoms. The Balaban J connectivity index is 2.38. The summed E-state index contributed by atoms with van der Waals surface area (Å²) in [4.78, 5) is 25.3. The highest BCUT2D eigenvalue weighted by molar-refractivity contribution is 5.71. The minimum absolute atomic E-state index is 0.00593. The molecule has 0 aromatic rings. The average Bonchev–Trinajstić information content (AvgIpc) is 3.22. The van der Waals surface area contributed by atoms with E-state index in [9.17, 15) is 30.0 Å². The first-order valence-corrected chi connectivity index (χ1v) is 22.5. The summed E-state index contributed by atoms with van der Waals surface area (Å²) in [5.41, 5.74) is 0. The van der Waals surface area contributed by atoms with Crippen LogP contribution in [0.2, 0.25) is 0 Å². The van der Waals surface area contributed by atoms with E-state index in [2.05, 4.69) is 68.5 Å². The fourth-order valence-corrected chi connectivity index (χ4v) is 6.32. The standard InChI is InChI=1S/C48H80O10/c1-3-5-7-9-11-13-15-17-19-20-21-23-24-26-28-30-32-34-36-43(50)55-39-41(40-56-48-47(54)46(53)45(52)42(38-49)58-48)57-44(51)37-35-33-31-29-27-25-22-18-16-14-12-10-8-6-4-2/h6,8,12,14,18-20,22,27,29,33,35,41-42,45-49,52-54H,3-5,7,9-11,13,15-17,21,23-26,28,30-32,34,36-40H2,1-2H3/b8-6-,14-12-,20-19-,22-18-,29-27-,35-33-. The van der Waals surface area contributed by atoms with Gasteiger partial charge in [0.05, 0.1) is 19.6 Å². The number of hydrogen-bond donors (Lipinski definition) is 4. The summed E-state index contributed by atoms with van der Waals surface area (Å²) in [5, 5.41) is 40.0. The zero-order chi connectivity index (χ0) is 42.3. The summed E-state index contributed by atoms with van der Waals surface area (Å²) >= 11 is 0. The molecule has 1 heterocycles. The Hall–Kier alpha value is -2.86. The van der Waals surface area contributed by atoms with Gasteiger partial charge in [0, 0.05) is 6.42 Å². The van der Waals surface area contributed by atoms with E-state index in [1.54, 1.807) is 6.08 Å². The van der Waals surface area contributed by atoms with E-state index in [0.29, 0.717) is 12.8 Å². The SMILES string of the molecule is CC/C=C\C/C=C\C/C=C\C/C=C\C/C=C\CC(=O)OC(COC(=O)CCCCCCCCC/C=C\CCCCCCCCC)COC1OC(CO)C(O)C(O)C1O. The monoisotopic (exact) mass is 817 g/mol. The lowest BCUT2D eigenvalue weighted by atomic mass is 9.99. The highest BCUT2D eigenvalue weighted by Gasteiger charge is 2.44. The minimum atomic E-state index is -1.61. The number of carbonyl (C=O) groups excluding carboxylic acids is 2. The van der Waals surface area contributed by atoms with E-state index in [1.807, 2.05) is 12.2 Å². The van der Waals surface area contributed by atoms with Crippen LogP contribution in [-0.4, -0.2) is 89.0 Å². The van der Waals surface area contributed by atoms with Gasteiger partial charge in [0.15, 0.2) is 12.4 Å². The Morgan fingerprint density at radius 3 is 1.60 bits per heavy atom. The van der Waals surface area contributed by atoms with E-state index >= 15 is 0 Å². The molecule has 0 saturated carbocycles. The van der Waals surface area contributed by atoms with Crippen LogP contribution in [0.25, 0.3) is 0 Å². The van der Waals surface area contributed by atoms with E-state index in [1.165, 1.54) is 70.6 Å². The zero-order valence-corrected chi connectivity index (χ0v) is 36.0. The number of hydrogen-bond acceptors (Lipinski definition) is 10. The maximum absolute atomic E-state index is 12.7. The van der Waals surface area contributed by atoms with Gasteiger partial charge in [-0.1, -0.05) is 157 Å². The molecule has 6 atom stereocenters. The Labute approximate surface area is 351 Å². The minimum Gasteiger partial charge on any atom is -0.462 e. The third kappa shape index (κ3) is 29.4. The number of unbranched alkanes of at least 4 members (excludes halogenated alkanes) is 14. The highest BCUT2D eigenvalue weighted by atomic mass is 16.7. The molecule has 0 bridgehead atoms. The zero-order valence-electron chi connectivity index (χ0n) is 36.0. The van der Waals surface area contributed by atoms with Crippen molar-refractivity contribution in [2.75, 3.05) is 19.8 Å². The van der Waals surface area contributed by atoms with Crippen molar-refractivity contribution in [3.8, 4) is 0 Å². The van der Waals surface area contributed by atoms with Crippen molar-refractivity contribution in [1.82, 2.24) is 0 Å². The van der Waals surface area contributed by atoms with Crippen LogP contribution in [0, 0.1) is 0 Å². The summed E-state index contributed by atoms with van der Waals surface area (Å²) in [6.45, 7) is 3.19. The normalized spacial score (nSPS) is 20.8. The summed E-state index contributed by atoms with van der Waals surface area (Å²) in [6.07, 6.45) is 40.8. The molecule has 0 aromatic carbocycles. The number of rotatable bonds is 36. The predicted molar refractivity (Wildman–Crippen MR) is 233 cm³/mol. The third-order valence-electron chi connectivity index (χ3n) is 9.86. The first-order valence-electron chi connectivity index (χ1n) is 22.5. The van der Waals surface area contributed by atoms with Crippen molar-refractivity contribution >= 4 is 11.9 Å². The Morgan fingerprint density at radius 2 is 1.07 bits per heavy atom. The molecule has 1 aliphatic heterocycles. The lowest BCUT2D eigenvalue weighted by molar-refractivity contribution is -0.305. The van der Waals surface area contributed by atoms with Gasteiger partial charge in [-0.2, -0.15) is 0 Å². The Morgan fingerprint density at radius 1 is 0.569 bits per heavy atom. The van der Waals surface area contributed by atoms with Gasteiger partial charge < -0.3 is 39.4 Å².